The molecule has 0 bridgehead atoms. The fourth-order valence-electron chi connectivity index (χ4n) is 2.89. The Morgan fingerprint density at radius 1 is 1.27 bits per heavy atom. The minimum absolute atomic E-state index is 0.173. The lowest BCUT2D eigenvalue weighted by atomic mass is 10.1. The molecule has 7 heteroatoms. The van der Waals surface area contributed by atoms with Gasteiger partial charge in [0, 0.05) is 5.69 Å². The number of carbonyl (C=O) groups is 2. The van der Waals surface area contributed by atoms with E-state index < -0.39 is 5.60 Å². The summed E-state index contributed by atoms with van der Waals surface area (Å²) < 4.78 is 5.71. The summed E-state index contributed by atoms with van der Waals surface area (Å²) >= 11 is 0. The Balaban J connectivity index is 1.87. The maximum absolute atomic E-state index is 12.8. The molecule has 136 valence electrons. The van der Waals surface area contributed by atoms with E-state index in [4.69, 9.17) is 10.5 Å². The van der Waals surface area contributed by atoms with Crippen LogP contribution < -0.4 is 20.7 Å². The molecule has 1 aromatic carbocycles. The van der Waals surface area contributed by atoms with Gasteiger partial charge in [-0.15, -0.1) is 0 Å². The molecule has 2 heterocycles. The molecule has 1 aromatic heterocycles. The van der Waals surface area contributed by atoms with Crippen molar-refractivity contribution < 1.29 is 14.3 Å². The van der Waals surface area contributed by atoms with E-state index >= 15 is 0 Å². The van der Waals surface area contributed by atoms with Gasteiger partial charge in [-0.1, -0.05) is 25.1 Å². The molecule has 0 spiro atoms. The third-order valence-electron chi connectivity index (χ3n) is 4.22. The van der Waals surface area contributed by atoms with Crippen LogP contribution in [0.1, 0.15) is 26.3 Å². The summed E-state index contributed by atoms with van der Waals surface area (Å²) in [6, 6.07) is 10.8. The fourth-order valence-corrected chi connectivity index (χ4v) is 2.89. The van der Waals surface area contributed by atoms with Crippen LogP contribution in [0.3, 0.4) is 0 Å². The molecule has 7 nitrogen and oxygen atoms in total. The van der Waals surface area contributed by atoms with Crippen molar-refractivity contribution in [3.05, 3.63) is 42.0 Å². The third kappa shape index (κ3) is 3.33. The first-order chi connectivity index (χ1) is 12.3. The molecule has 2 amide bonds. The van der Waals surface area contributed by atoms with Gasteiger partial charge in [-0.2, -0.15) is 0 Å². The van der Waals surface area contributed by atoms with Crippen molar-refractivity contribution in [1.29, 1.82) is 0 Å². The number of ether oxygens (including phenoxy) is 1. The summed E-state index contributed by atoms with van der Waals surface area (Å²) in [6.07, 6.45) is 0.793. The molecule has 1 aliphatic rings. The van der Waals surface area contributed by atoms with Crippen molar-refractivity contribution in [2.45, 2.75) is 32.8 Å². The number of rotatable bonds is 4. The molecule has 0 aliphatic carbocycles. The molecule has 0 atom stereocenters. The molecule has 3 rings (SSSR count). The Bertz CT molecular complexity index is 864. The molecule has 0 radical (unpaired) electrons. The minimum Gasteiger partial charge on any atom is -0.474 e. The Morgan fingerprint density at radius 3 is 2.73 bits per heavy atom. The maximum Gasteiger partial charge on any atom is 0.272 e. The largest absolute Gasteiger partial charge is 0.474 e. The van der Waals surface area contributed by atoms with Crippen LogP contribution in [0.25, 0.3) is 0 Å². The molecule has 0 unspecified atom stereocenters. The fraction of sp³-hybridized carbons (Fsp3) is 0.316. The van der Waals surface area contributed by atoms with Crippen LogP contribution in [0.4, 0.5) is 17.3 Å². The number of pyridine rings is 1. The lowest BCUT2D eigenvalue weighted by Crippen LogP contribution is -2.54. The standard InChI is InChI=1S/C19H22N4O3/c1-4-12-7-5-6-8-13(12)21-16(24)11-23-17-14(9-10-15(20)22-17)26-19(2,3)18(23)25/h5-10H,4,11H2,1-3H3,(H2,20,22)(H,21,24). The molecular weight excluding hydrogens is 332 g/mol. The van der Waals surface area contributed by atoms with Gasteiger partial charge in [-0.25, -0.2) is 4.98 Å². The number of hydrogen-bond donors (Lipinski definition) is 2. The number of aryl methyl sites for hydroxylation is 1. The van der Waals surface area contributed by atoms with Crippen molar-refractivity contribution in [3.8, 4) is 5.75 Å². The van der Waals surface area contributed by atoms with Gasteiger partial charge in [0.05, 0.1) is 0 Å². The maximum atomic E-state index is 12.8. The number of nitrogen functional groups attached to an aromatic ring is 1. The number of anilines is 3. The first-order valence-electron chi connectivity index (χ1n) is 8.47. The molecule has 0 saturated heterocycles. The lowest BCUT2D eigenvalue weighted by Gasteiger charge is -2.37. The second-order valence-corrected chi connectivity index (χ2v) is 6.62. The molecule has 0 fully saturated rings. The first-order valence-corrected chi connectivity index (χ1v) is 8.47. The van der Waals surface area contributed by atoms with Crippen molar-refractivity contribution >= 4 is 29.1 Å². The highest BCUT2D eigenvalue weighted by Crippen LogP contribution is 2.36. The predicted octanol–water partition coefficient (Wildman–Crippen LogP) is 2.37. The molecule has 3 N–H and O–H groups in total. The van der Waals surface area contributed by atoms with Crippen molar-refractivity contribution in [2.75, 3.05) is 22.5 Å². The number of hydrogen-bond acceptors (Lipinski definition) is 5. The van der Waals surface area contributed by atoms with Crippen molar-refractivity contribution in [3.63, 3.8) is 0 Å². The Hall–Kier alpha value is -3.09. The zero-order valence-electron chi connectivity index (χ0n) is 15.1. The summed E-state index contributed by atoms with van der Waals surface area (Å²) in [5.74, 6) is 0.273. The number of fused-ring (bicyclic) bond motifs is 1. The monoisotopic (exact) mass is 354 g/mol. The molecule has 26 heavy (non-hydrogen) atoms. The Labute approximate surface area is 152 Å². The van der Waals surface area contributed by atoms with Gasteiger partial charge in [0.25, 0.3) is 5.91 Å². The van der Waals surface area contributed by atoms with Crippen LogP contribution in [-0.4, -0.2) is 28.9 Å². The lowest BCUT2D eigenvalue weighted by molar-refractivity contribution is -0.133. The van der Waals surface area contributed by atoms with Gasteiger partial charge < -0.3 is 15.8 Å². The van der Waals surface area contributed by atoms with Crippen LogP contribution in [0, 0.1) is 0 Å². The summed E-state index contributed by atoms with van der Waals surface area (Å²) in [5, 5.41) is 2.87. The summed E-state index contributed by atoms with van der Waals surface area (Å²) in [7, 11) is 0. The highest BCUT2D eigenvalue weighted by molar-refractivity contribution is 6.07. The van der Waals surface area contributed by atoms with E-state index in [-0.39, 0.29) is 30.0 Å². The number of nitrogens with two attached hydrogens (primary N) is 1. The number of benzene rings is 1. The summed E-state index contributed by atoms with van der Waals surface area (Å²) in [6.45, 7) is 5.16. The van der Waals surface area contributed by atoms with Gasteiger partial charge in [0.1, 0.15) is 12.4 Å². The molecule has 1 aliphatic heterocycles. The smallest absolute Gasteiger partial charge is 0.272 e. The topological polar surface area (TPSA) is 97.5 Å². The second-order valence-electron chi connectivity index (χ2n) is 6.62. The van der Waals surface area contributed by atoms with Crippen LogP contribution in [0.5, 0.6) is 5.75 Å². The quantitative estimate of drug-likeness (QED) is 0.878. The highest BCUT2D eigenvalue weighted by Gasteiger charge is 2.42. The van der Waals surface area contributed by atoms with Crippen LogP contribution in [-0.2, 0) is 16.0 Å². The minimum atomic E-state index is -1.09. The van der Waals surface area contributed by atoms with Gasteiger partial charge >= 0.3 is 0 Å². The highest BCUT2D eigenvalue weighted by atomic mass is 16.5. The van der Waals surface area contributed by atoms with Crippen molar-refractivity contribution in [1.82, 2.24) is 4.98 Å². The summed E-state index contributed by atoms with van der Waals surface area (Å²) in [4.78, 5) is 30.9. The zero-order valence-corrected chi connectivity index (χ0v) is 15.1. The van der Waals surface area contributed by atoms with Crippen LogP contribution in [0.15, 0.2) is 36.4 Å². The van der Waals surface area contributed by atoms with E-state index in [0.29, 0.717) is 5.75 Å². The van der Waals surface area contributed by atoms with E-state index in [1.165, 1.54) is 4.90 Å². The summed E-state index contributed by atoms with van der Waals surface area (Å²) in [5.41, 5.74) is 6.42. The Morgan fingerprint density at radius 2 is 2.00 bits per heavy atom. The molecular formula is C19H22N4O3. The predicted molar refractivity (Wildman–Crippen MR) is 100 cm³/mol. The average Bonchev–Trinajstić information content (AvgIpc) is 2.60. The van der Waals surface area contributed by atoms with E-state index in [1.807, 2.05) is 31.2 Å². The molecule has 0 saturated carbocycles. The average molecular weight is 354 g/mol. The number of amides is 2. The van der Waals surface area contributed by atoms with E-state index in [0.717, 1.165) is 17.7 Å². The van der Waals surface area contributed by atoms with E-state index in [1.54, 1.807) is 26.0 Å². The van der Waals surface area contributed by atoms with Crippen molar-refractivity contribution in [2.24, 2.45) is 0 Å². The van der Waals surface area contributed by atoms with Crippen LogP contribution in [0.2, 0.25) is 0 Å². The number of nitrogens with zero attached hydrogens (tertiary/aromatic N) is 2. The third-order valence-corrected chi connectivity index (χ3v) is 4.22. The van der Waals surface area contributed by atoms with Gasteiger partial charge in [0.2, 0.25) is 5.91 Å². The van der Waals surface area contributed by atoms with Crippen LogP contribution >= 0.6 is 0 Å². The first kappa shape index (κ1) is 17.7. The zero-order chi connectivity index (χ0) is 18.9. The van der Waals surface area contributed by atoms with Gasteiger partial charge in [-0.3, -0.25) is 14.5 Å². The number of nitrogens with one attached hydrogen (secondary N) is 1. The number of aromatic nitrogens is 1. The van der Waals surface area contributed by atoms with E-state index in [9.17, 15) is 9.59 Å². The normalized spacial score (nSPS) is 15.2. The SMILES string of the molecule is CCc1ccccc1NC(=O)CN1C(=O)C(C)(C)Oc2ccc(N)nc21. The molecule has 2 aromatic rings. The second kappa shape index (κ2) is 6.67. The number of para-hydroxylation sites is 1. The van der Waals surface area contributed by atoms with Gasteiger partial charge in [-0.05, 0) is 44.0 Å². The van der Waals surface area contributed by atoms with E-state index in [2.05, 4.69) is 10.3 Å². The number of carbonyl (C=O) groups excluding carboxylic acids is 2. The van der Waals surface area contributed by atoms with Gasteiger partial charge in [0.15, 0.2) is 17.2 Å². The Kier molecular flexibility index (Phi) is 4.54.